The van der Waals surface area contributed by atoms with Crippen LogP contribution in [0.25, 0.3) is 0 Å². The number of hydrogen-bond donors (Lipinski definition) is 1. The molecule has 0 amide bonds. The quantitative estimate of drug-likeness (QED) is 0.405. The van der Waals surface area contributed by atoms with Crippen LogP contribution in [0, 0.1) is 0 Å². The van der Waals surface area contributed by atoms with E-state index in [9.17, 15) is 13.2 Å². The van der Waals surface area contributed by atoms with Gasteiger partial charge in [-0.15, -0.1) is 11.3 Å². The van der Waals surface area contributed by atoms with Gasteiger partial charge in [-0.3, -0.25) is 4.90 Å². The van der Waals surface area contributed by atoms with Crippen molar-refractivity contribution in [1.82, 2.24) is 9.88 Å². The number of halogens is 3. The molecule has 2 unspecified atom stereocenters. The molecule has 172 valence electrons. The molecule has 2 atom stereocenters. The molecule has 1 aromatic carbocycles. The standard InChI is InChI=1S/C23H32F3N3OS/c1-4-5-6-12-30-21-11-10-18(13-20(21)23(24,25)26)27-22-28-19(15-31-22)14-29-16(2)8-7-9-17(29)3/h10-11,13,15-17H,4-9,12,14H2,1-3H3,(H,27,28). The summed E-state index contributed by atoms with van der Waals surface area (Å²) in [5.41, 5.74) is 0.538. The minimum absolute atomic E-state index is 0.123. The highest BCUT2D eigenvalue weighted by atomic mass is 32.1. The van der Waals surface area contributed by atoms with E-state index in [1.54, 1.807) is 6.07 Å². The fourth-order valence-electron chi connectivity index (χ4n) is 4.02. The zero-order valence-corrected chi connectivity index (χ0v) is 19.3. The van der Waals surface area contributed by atoms with Crippen molar-refractivity contribution in [2.75, 3.05) is 11.9 Å². The van der Waals surface area contributed by atoms with E-state index in [0.29, 0.717) is 22.9 Å². The molecule has 0 radical (unpaired) electrons. The molecule has 8 heteroatoms. The summed E-state index contributed by atoms with van der Waals surface area (Å²) in [5, 5.41) is 5.61. The van der Waals surface area contributed by atoms with E-state index in [2.05, 4.69) is 29.0 Å². The van der Waals surface area contributed by atoms with Gasteiger partial charge in [0.2, 0.25) is 0 Å². The Kier molecular flexibility index (Phi) is 8.22. The number of nitrogens with zero attached hydrogens (tertiary/aromatic N) is 2. The van der Waals surface area contributed by atoms with Gasteiger partial charge in [-0.25, -0.2) is 4.98 Å². The molecule has 2 heterocycles. The van der Waals surface area contributed by atoms with Gasteiger partial charge in [-0.1, -0.05) is 26.2 Å². The summed E-state index contributed by atoms with van der Waals surface area (Å²) in [7, 11) is 0. The van der Waals surface area contributed by atoms with Gasteiger partial charge in [0.1, 0.15) is 5.75 Å². The van der Waals surface area contributed by atoms with Crippen molar-refractivity contribution in [2.45, 2.75) is 84.1 Å². The Morgan fingerprint density at radius 1 is 1.19 bits per heavy atom. The van der Waals surface area contributed by atoms with Crippen LogP contribution in [0.1, 0.15) is 70.6 Å². The highest BCUT2D eigenvalue weighted by Crippen LogP contribution is 2.39. The highest BCUT2D eigenvalue weighted by Gasteiger charge is 2.35. The molecule has 2 aromatic rings. The fourth-order valence-corrected chi connectivity index (χ4v) is 4.74. The van der Waals surface area contributed by atoms with E-state index in [1.807, 2.05) is 12.3 Å². The molecular formula is C23H32F3N3OS. The van der Waals surface area contributed by atoms with Crippen LogP contribution in [-0.4, -0.2) is 28.6 Å². The average molecular weight is 456 g/mol. The van der Waals surface area contributed by atoms with Crippen LogP contribution in [0.3, 0.4) is 0 Å². The summed E-state index contributed by atoms with van der Waals surface area (Å²) in [6, 6.07) is 5.13. The second-order valence-electron chi connectivity index (χ2n) is 8.33. The lowest BCUT2D eigenvalue weighted by atomic mass is 9.97. The number of rotatable bonds is 9. The topological polar surface area (TPSA) is 37.4 Å². The molecule has 3 rings (SSSR count). The zero-order chi connectivity index (χ0) is 22.4. The normalized spacial score (nSPS) is 20.1. The summed E-state index contributed by atoms with van der Waals surface area (Å²) in [4.78, 5) is 7.06. The minimum Gasteiger partial charge on any atom is -0.493 e. The first-order chi connectivity index (χ1) is 14.8. The van der Waals surface area contributed by atoms with Crippen LogP contribution < -0.4 is 10.1 Å². The second-order valence-corrected chi connectivity index (χ2v) is 9.19. The zero-order valence-electron chi connectivity index (χ0n) is 18.5. The first-order valence-electron chi connectivity index (χ1n) is 11.1. The second kappa shape index (κ2) is 10.7. The first-order valence-corrected chi connectivity index (χ1v) is 12.0. The molecular weight excluding hydrogens is 423 g/mol. The Hall–Kier alpha value is -1.80. The van der Waals surface area contributed by atoms with Crippen molar-refractivity contribution in [1.29, 1.82) is 0 Å². The maximum atomic E-state index is 13.6. The van der Waals surface area contributed by atoms with Gasteiger partial charge in [-0.2, -0.15) is 13.2 Å². The minimum atomic E-state index is -4.48. The molecule has 4 nitrogen and oxygen atoms in total. The lowest BCUT2D eigenvalue weighted by Crippen LogP contribution is -2.43. The van der Waals surface area contributed by atoms with Gasteiger partial charge in [0, 0.05) is 29.7 Å². The van der Waals surface area contributed by atoms with Crippen LogP contribution in [0.2, 0.25) is 0 Å². The first kappa shape index (κ1) is 23.9. The largest absolute Gasteiger partial charge is 0.493 e. The molecule has 0 bridgehead atoms. The molecule has 1 aliphatic heterocycles. The summed E-state index contributed by atoms with van der Waals surface area (Å²) < 4.78 is 46.1. The third-order valence-electron chi connectivity index (χ3n) is 5.81. The summed E-state index contributed by atoms with van der Waals surface area (Å²) in [5.74, 6) is -0.123. The molecule has 0 saturated carbocycles. The Balaban J connectivity index is 1.68. The van der Waals surface area contributed by atoms with Crippen molar-refractivity contribution >= 4 is 22.2 Å². The van der Waals surface area contributed by atoms with Gasteiger partial charge < -0.3 is 10.1 Å². The number of thiazole rings is 1. The Labute approximate surface area is 186 Å². The summed E-state index contributed by atoms with van der Waals surface area (Å²) in [6.45, 7) is 7.57. The fraction of sp³-hybridized carbons (Fsp3) is 0.609. The number of alkyl halides is 3. The number of likely N-dealkylation sites (tertiary alicyclic amines) is 1. The lowest BCUT2D eigenvalue weighted by Gasteiger charge is -2.38. The lowest BCUT2D eigenvalue weighted by molar-refractivity contribution is -0.138. The number of ether oxygens (including phenoxy) is 1. The number of hydrogen-bond acceptors (Lipinski definition) is 5. The number of benzene rings is 1. The molecule has 1 fully saturated rings. The van der Waals surface area contributed by atoms with E-state index in [0.717, 1.165) is 37.6 Å². The van der Waals surface area contributed by atoms with Crippen LogP contribution in [0.5, 0.6) is 5.75 Å². The maximum Gasteiger partial charge on any atom is 0.420 e. The van der Waals surface area contributed by atoms with Gasteiger partial charge in [0.15, 0.2) is 5.13 Å². The Morgan fingerprint density at radius 3 is 2.61 bits per heavy atom. The Bertz CT molecular complexity index is 830. The van der Waals surface area contributed by atoms with Crippen LogP contribution in [-0.2, 0) is 12.7 Å². The number of anilines is 2. The van der Waals surface area contributed by atoms with Gasteiger partial charge in [0.25, 0.3) is 0 Å². The molecule has 1 aliphatic rings. The molecule has 1 N–H and O–H groups in total. The molecule has 1 aromatic heterocycles. The maximum absolute atomic E-state index is 13.6. The van der Waals surface area contributed by atoms with E-state index in [-0.39, 0.29) is 12.4 Å². The molecule has 1 saturated heterocycles. The molecule has 0 spiro atoms. The summed E-state index contributed by atoms with van der Waals surface area (Å²) in [6.07, 6.45) is 1.81. The van der Waals surface area contributed by atoms with Crippen molar-refractivity contribution in [2.24, 2.45) is 0 Å². The van der Waals surface area contributed by atoms with Crippen LogP contribution >= 0.6 is 11.3 Å². The Morgan fingerprint density at radius 2 is 1.94 bits per heavy atom. The monoisotopic (exact) mass is 455 g/mol. The van der Waals surface area contributed by atoms with Crippen molar-refractivity contribution in [3.63, 3.8) is 0 Å². The average Bonchev–Trinajstić information content (AvgIpc) is 3.15. The molecule has 31 heavy (non-hydrogen) atoms. The predicted molar refractivity (Wildman–Crippen MR) is 120 cm³/mol. The van der Waals surface area contributed by atoms with Crippen LogP contribution in [0.4, 0.5) is 24.0 Å². The SMILES string of the molecule is CCCCCOc1ccc(Nc2nc(CN3C(C)CCCC3C)cs2)cc1C(F)(F)F. The predicted octanol–water partition coefficient (Wildman–Crippen LogP) is 7.24. The van der Waals surface area contributed by atoms with Gasteiger partial charge >= 0.3 is 6.18 Å². The van der Waals surface area contributed by atoms with Crippen molar-refractivity contribution < 1.29 is 17.9 Å². The van der Waals surface area contributed by atoms with Crippen molar-refractivity contribution in [3.05, 3.63) is 34.8 Å². The van der Waals surface area contributed by atoms with Gasteiger partial charge in [0.05, 0.1) is 17.9 Å². The van der Waals surface area contributed by atoms with E-state index >= 15 is 0 Å². The third kappa shape index (κ3) is 6.59. The number of aromatic nitrogens is 1. The van der Waals surface area contributed by atoms with Gasteiger partial charge in [-0.05, 0) is 51.3 Å². The smallest absolute Gasteiger partial charge is 0.420 e. The van der Waals surface area contributed by atoms with E-state index < -0.39 is 11.7 Å². The van der Waals surface area contributed by atoms with E-state index in [4.69, 9.17) is 4.74 Å². The highest BCUT2D eigenvalue weighted by molar-refractivity contribution is 7.13. The molecule has 0 aliphatic carbocycles. The van der Waals surface area contributed by atoms with E-state index in [1.165, 1.54) is 36.7 Å². The van der Waals surface area contributed by atoms with Crippen molar-refractivity contribution in [3.8, 4) is 5.75 Å². The summed E-state index contributed by atoms with van der Waals surface area (Å²) >= 11 is 1.41. The number of unbranched alkanes of at least 4 members (excludes halogenated alkanes) is 2. The number of nitrogens with one attached hydrogen (secondary N) is 1. The number of piperidine rings is 1. The third-order valence-corrected chi connectivity index (χ3v) is 6.62. The van der Waals surface area contributed by atoms with Crippen LogP contribution in [0.15, 0.2) is 23.6 Å².